The minimum atomic E-state index is 0.0954. The molecule has 0 spiro atoms. The minimum absolute atomic E-state index is 0.0954. The Balaban J connectivity index is 1.73. The molecule has 4 heteroatoms. The van der Waals surface area contributed by atoms with Crippen molar-refractivity contribution in [2.45, 2.75) is 32.0 Å². The highest BCUT2D eigenvalue weighted by Gasteiger charge is 2.33. The highest BCUT2D eigenvalue weighted by Crippen LogP contribution is 2.43. The Morgan fingerprint density at radius 2 is 2.09 bits per heavy atom. The molecule has 120 valence electrons. The van der Waals surface area contributed by atoms with Gasteiger partial charge in [0, 0.05) is 24.7 Å². The van der Waals surface area contributed by atoms with Gasteiger partial charge < -0.3 is 14.9 Å². The van der Waals surface area contributed by atoms with Gasteiger partial charge in [0.25, 0.3) is 0 Å². The van der Waals surface area contributed by atoms with Gasteiger partial charge in [0.05, 0.1) is 13.7 Å². The highest BCUT2D eigenvalue weighted by atomic mass is 16.5. The summed E-state index contributed by atoms with van der Waals surface area (Å²) < 4.78 is 5.24. The summed E-state index contributed by atoms with van der Waals surface area (Å²) in [6.07, 6.45) is 1.89. The number of aromatic hydroxyl groups is 1. The fraction of sp³-hybridized carbons (Fsp3) is 0.368. The number of hydrogen-bond acceptors (Lipinski definition) is 4. The van der Waals surface area contributed by atoms with Crippen molar-refractivity contribution >= 4 is 0 Å². The third-order valence-corrected chi connectivity index (χ3v) is 5.20. The standard InChI is InChI=1S/C19H21NO3/c1-23-18-5-3-13-9-17-15-4-2-12(11-21)8-14(15)6-7-20(17)10-16(13)19(18)22/h2-5,8,17,21-22H,6-7,9-11H2,1H3/t17-/m1/s1. The van der Waals surface area contributed by atoms with Crippen LogP contribution in [0, 0.1) is 0 Å². The normalized spacial score (nSPS) is 19.7. The van der Waals surface area contributed by atoms with Crippen LogP contribution in [0.3, 0.4) is 0 Å². The molecule has 2 aliphatic rings. The summed E-state index contributed by atoms with van der Waals surface area (Å²) in [7, 11) is 1.59. The van der Waals surface area contributed by atoms with Crippen LogP contribution < -0.4 is 4.74 Å². The second-order valence-corrected chi connectivity index (χ2v) is 6.39. The Bertz CT molecular complexity index is 757. The largest absolute Gasteiger partial charge is 0.504 e. The van der Waals surface area contributed by atoms with Gasteiger partial charge in [-0.05, 0) is 41.2 Å². The molecule has 2 N–H and O–H groups in total. The van der Waals surface area contributed by atoms with Crippen LogP contribution in [-0.4, -0.2) is 28.8 Å². The van der Waals surface area contributed by atoms with E-state index in [4.69, 9.17) is 4.74 Å². The summed E-state index contributed by atoms with van der Waals surface area (Å²) >= 11 is 0. The number of methoxy groups -OCH3 is 1. The predicted octanol–water partition coefficient (Wildman–Crippen LogP) is 2.55. The molecule has 1 atom stereocenters. The summed E-state index contributed by atoms with van der Waals surface area (Å²) in [6.45, 7) is 1.82. The number of hydrogen-bond donors (Lipinski definition) is 2. The van der Waals surface area contributed by atoms with Gasteiger partial charge >= 0.3 is 0 Å². The molecule has 2 aromatic carbocycles. The number of rotatable bonds is 2. The van der Waals surface area contributed by atoms with Crippen LogP contribution in [-0.2, 0) is 26.0 Å². The molecule has 2 aliphatic heterocycles. The quantitative estimate of drug-likeness (QED) is 0.895. The van der Waals surface area contributed by atoms with Crippen LogP contribution in [0.15, 0.2) is 30.3 Å². The van der Waals surface area contributed by atoms with Crippen LogP contribution >= 0.6 is 0 Å². The van der Waals surface area contributed by atoms with Gasteiger partial charge in [-0.25, -0.2) is 0 Å². The van der Waals surface area contributed by atoms with Crippen molar-refractivity contribution in [2.75, 3.05) is 13.7 Å². The monoisotopic (exact) mass is 311 g/mol. The fourth-order valence-corrected chi connectivity index (χ4v) is 3.94. The Morgan fingerprint density at radius 3 is 2.87 bits per heavy atom. The molecule has 0 aliphatic carbocycles. The number of nitrogens with zero attached hydrogens (tertiary/aromatic N) is 1. The molecule has 0 radical (unpaired) electrons. The number of benzene rings is 2. The summed E-state index contributed by atoms with van der Waals surface area (Å²) in [5.41, 5.74) is 5.88. The first-order valence-electron chi connectivity index (χ1n) is 8.05. The van der Waals surface area contributed by atoms with E-state index in [0.717, 1.165) is 37.1 Å². The van der Waals surface area contributed by atoms with Crippen molar-refractivity contribution in [1.82, 2.24) is 4.90 Å². The Morgan fingerprint density at radius 1 is 1.22 bits per heavy atom. The van der Waals surface area contributed by atoms with Crippen molar-refractivity contribution in [3.8, 4) is 11.5 Å². The van der Waals surface area contributed by atoms with Gasteiger partial charge in [0.2, 0.25) is 0 Å². The van der Waals surface area contributed by atoms with Crippen LogP contribution in [0.5, 0.6) is 11.5 Å². The van der Waals surface area contributed by atoms with Crippen LogP contribution in [0.25, 0.3) is 0 Å². The lowest BCUT2D eigenvalue weighted by Gasteiger charge is -2.41. The molecule has 0 bridgehead atoms. The van der Waals surface area contributed by atoms with Crippen molar-refractivity contribution in [3.05, 3.63) is 58.1 Å². The van der Waals surface area contributed by atoms with Gasteiger partial charge in [0.15, 0.2) is 11.5 Å². The lowest BCUT2D eigenvalue weighted by molar-refractivity contribution is 0.158. The van der Waals surface area contributed by atoms with Crippen LogP contribution in [0.1, 0.15) is 33.9 Å². The second kappa shape index (κ2) is 5.55. The van der Waals surface area contributed by atoms with Gasteiger partial charge in [-0.1, -0.05) is 24.3 Å². The summed E-state index contributed by atoms with van der Waals surface area (Å²) in [5.74, 6) is 0.831. The van der Waals surface area contributed by atoms with E-state index in [-0.39, 0.29) is 12.4 Å². The number of aliphatic hydroxyl groups excluding tert-OH is 1. The van der Waals surface area contributed by atoms with E-state index in [1.807, 2.05) is 12.1 Å². The number of aliphatic hydroxyl groups is 1. The van der Waals surface area contributed by atoms with E-state index in [0.29, 0.717) is 11.8 Å². The molecule has 23 heavy (non-hydrogen) atoms. The van der Waals surface area contributed by atoms with E-state index in [9.17, 15) is 10.2 Å². The number of phenols is 1. The van der Waals surface area contributed by atoms with Gasteiger partial charge in [-0.3, -0.25) is 4.90 Å². The van der Waals surface area contributed by atoms with Crippen LogP contribution in [0.4, 0.5) is 0 Å². The molecular formula is C19H21NO3. The number of phenolic OH excluding ortho intramolecular Hbond substituents is 1. The molecule has 0 saturated heterocycles. The topological polar surface area (TPSA) is 52.9 Å². The lowest BCUT2D eigenvalue weighted by Crippen LogP contribution is -2.39. The Hall–Kier alpha value is -2.04. The Kier molecular flexibility index (Phi) is 3.51. The second-order valence-electron chi connectivity index (χ2n) is 6.39. The smallest absolute Gasteiger partial charge is 0.162 e. The molecule has 2 heterocycles. The van der Waals surface area contributed by atoms with Gasteiger partial charge in [0.1, 0.15) is 0 Å². The molecule has 4 rings (SSSR count). The first kappa shape index (κ1) is 14.5. The van der Waals surface area contributed by atoms with Crippen molar-refractivity contribution < 1.29 is 14.9 Å². The fourth-order valence-electron chi connectivity index (χ4n) is 3.94. The molecule has 2 aromatic rings. The van der Waals surface area contributed by atoms with Gasteiger partial charge in [-0.2, -0.15) is 0 Å². The van der Waals surface area contributed by atoms with Crippen molar-refractivity contribution in [3.63, 3.8) is 0 Å². The van der Waals surface area contributed by atoms with E-state index < -0.39 is 0 Å². The van der Waals surface area contributed by atoms with Gasteiger partial charge in [-0.15, -0.1) is 0 Å². The molecule has 0 saturated carbocycles. The third kappa shape index (κ3) is 2.30. The molecule has 0 amide bonds. The van der Waals surface area contributed by atoms with E-state index >= 15 is 0 Å². The van der Waals surface area contributed by atoms with Crippen molar-refractivity contribution in [2.24, 2.45) is 0 Å². The van der Waals surface area contributed by atoms with E-state index in [1.54, 1.807) is 7.11 Å². The zero-order chi connectivity index (χ0) is 16.0. The molecule has 0 fully saturated rings. The molecule has 0 unspecified atom stereocenters. The number of ether oxygens (including phenoxy) is 1. The maximum atomic E-state index is 10.4. The minimum Gasteiger partial charge on any atom is -0.504 e. The maximum Gasteiger partial charge on any atom is 0.162 e. The first-order chi connectivity index (χ1) is 11.2. The highest BCUT2D eigenvalue weighted by molar-refractivity contribution is 5.52. The van der Waals surface area contributed by atoms with Crippen LogP contribution in [0.2, 0.25) is 0 Å². The average Bonchev–Trinajstić information content (AvgIpc) is 2.60. The lowest BCUT2D eigenvalue weighted by atomic mass is 9.83. The predicted molar refractivity (Wildman–Crippen MR) is 87.6 cm³/mol. The maximum absolute atomic E-state index is 10.4. The van der Waals surface area contributed by atoms with Crippen molar-refractivity contribution in [1.29, 1.82) is 0 Å². The van der Waals surface area contributed by atoms with E-state index in [2.05, 4.69) is 23.1 Å². The summed E-state index contributed by atoms with van der Waals surface area (Å²) in [5, 5.41) is 19.7. The SMILES string of the molecule is COc1ccc2c(c1O)CN1CCc3cc(CO)ccc3[C@H]1C2. The zero-order valence-corrected chi connectivity index (χ0v) is 13.2. The van der Waals surface area contributed by atoms with E-state index in [1.165, 1.54) is 16.7 Å². The average molecular weight is 311 g/mol. The zero-order valence-electron chi connectivity index (χ0n) is 13.2. The molecule has 4 nitrogen and oxygen atoms in total. The third-order valence-electron chi connectivity index (χ3n) is 5.20. The molecular weight excluding hydrogens is 290 g/mol. The number of fused-ring (bicyclic) bond motifs is 4. The molecule has 0 aromatic heterocycles. The first-order valence-corrected chi connectivity index (χ1v) is 8.05. The summed E-state index contributed by atoms with van der Waals surface area (Å²) in [4.78, 5) is 2.43. The Labute approximate surface area is 135 Å². The summed E-state index contributed by atoms with van der Waals surface area (Å²) in [6, 6.07) is 10.6.